The van der Waals surface area contributed by atoms with Gasteiger partial charge in [0.2, 0.25) is 5.91 Å². The van der Waals surface area contributed by atoms with Crippen LogP contribution in [0.4, 0.5) is 0 Å². The largest absolute Gasteiger partial charge is 0.497 e. The number of benzene rings is 2. The van der Waals surface area contributed by atoms with E-state index in [2.05, 4.69) is 5.32 Å². The first-order chi connectivity index (χ1) is 10.6. The molecular weight excluding hydrogens is 278 g/mol. The average molecular weight is 299 g/mol. The summed E-state index contributed by atoms with van der Waals surface area (Å²) in [5, 5.41) is 3.00. The molecule has 0 heterocycles. The second kappa shape index (κ2) is 7.50. The number of carbonyl (C=O) groups excluding carboxylic acids is 1. The molecule has 0 fully saturated rings. The van der Waals surface area contributed by atoms with Gasteiger partial charge in [0, 0.05) is 5.56 Å². The number of ether oxygens (including phenoxy) is 2. The van der Waals surface area contributed by atoms with Crippen LogP contribution in [0.2, 0.25) is 0 Å². The molecule has 0 aliphatic rings. The molecule has 0 bridgehead atoms. The molecule has 0 unspecified atom stereocenters. The van der Waals surface area contributed by atoms with E-state index in [1.165, 1.54) is 0 Å². The van der Waals surface area contributed by atoms with Crippen molar-refractivity contribution < 1.29 is 14.3 Å². The van der Waals surface area contributed by atoms with Gasteiger partial charge in [-0.05, 0) is 30.7 Å². The number of para-hydroxylation sites is 1. The van der Waals surface area contributed by atoms with Gasteiger partial charge in [-0.1, -0.05) is 30.3 Å². The first kappa shape index (κ1) is 15.9. The van der Waals surface area contributed by atoms with Crippen LogP contribution in [0.5, 0.6) is 11.5 Å². The second-order valence-electron chi connectivity index (χ2n) is 5.05. The Balaban J connectivity index is 1.98. The smallest absolute Gasteiger partial charge is 0.225 e. The lowest BCUT2D eigenvalue weighted by molar-refractivity contribution is -0.121. The lowest BCUT2D eigenvalue weighted by Gasteiger charge is -2.15. The van der Waals surface area contributed by atoms with E-state index in [4.69, 9.17) is 9.47 Å². The number of hydrogen-bond donors (Lipinski definition) is 1. The predicted octanol–water partition coefficient (Wildman–Crippen LogP) is 3.12. The van der Waals surface area contributed by atoms with Gasteiger partial charge >= 0.3 is 0 Å². The van der Waals surface area contributed by atoms with Crippen molar-refractivity contribution in [1.29, 1.82) is 0 Å². The molecule has 1 atom stereocenters. The molecule has 0 aliphatic heterocycles. The minimum atomic E-state index is -0.0619. The Bertz CT molecular complexity index is 622. The van der Waals surface area contributed by atoms with Gasteiger partial charge < -0.3 is 14.8 Å². The van der Waals surface area contributed by atoms with Gasteiger partial charge in [-0.3, -0.25) is 4.79 Å². The Morgan fingerprint density at radius 1 is 1.05 bits per heavy atom. The van der Waals surface area contributed by atoms with Crippen LogP contribution < -0.4 is 14.8 Å². The summed E-state index contributed by atoms with van der Waals surface area (Å²) in [6.07, 6.45) is 0.296. The molecular formula is C18H21NO3. The number of rotatable bonds is 6. The zero-order valence-corrected chi connectivity index (χ0v) is 13.1. The molecule has 116 valence electrons. The van der Waals surface area contributed by atoms with Crippen molar-refractivity contribution >= 4 is 5.91 Å². The van der Waals surface area contributed by atoms with E-state index in [9.17, 15) is 4.79 Å². The normalized spacial score (nSPS) is 11.6. The molecule has 4 heteroatoms. The summed E-state index contributed by atoms with van der Waals surface area (Å²) in [6, 6.07) is 15.2. The highest BCUT2D eigenvalue weighted by Crippen LogP contribution is 2.20. The monoisotopic (exact) mass is 299 g/mol. The molecule has 0 saturated heterocycles. The van der Waals surface area contributed by atoms with Crippen LogP contribution in [0.15, 0.2) is 48.5 Å². The highest BCUT2D eigenvalue weighted by atomic mass is 16.5. The minimum absolute atomic E-state index is 0.0344. The van der Waals surface area contributed by atoms with Crippen molar-refractivity contribution in [3.05, 3.63) is 59.7 Å². The van der Waals surface area contributed by atoms with E-state index in [1.807, 2.05) is 55.5 Å². The molecule has 2 aromatic carbocycles. The molecule has 4 nitrogen and oxygen atoms in total. The fourth-order valence-electron chi connectivity index (χ4n) is 2.29. The molecule has 1 amide bonds. The molecule has 0 aliphatic carbocycles. The summed E-state index contributed by atoms with van der Waals surface area (Å²) < 4.78 is 10.4. The molecule has 2 aromatic rings. The molecule has 0 saturated carbocycles. The van der Waals surface area contributed by atoms with Gasteiger partial charge in [-0.15, -0.1) is 0 Å². The van der Waals surface area contributed by atoms with Crippen molar-refractivity contribution in [3.63, 3.8) is 0 Å². The lowest BCUT2D eigenvalue weighted by atomic mass is 10.1. The quantitative estimate of drug-likeness (QED) is 0.891. The maximum atomic E-state index is 12.2. The van der Waals surface area contributed by atoms with Crippen LogP contribution in [0, 0.1) is 0 Å². The van der Waals surface area contributed by atoms with E-state index in [0.717, 1.165) is 22.6 Å². The maximum Gasteiger partial charge on any atom is 0.225 e. The number of methoxy groups -OCH3 is 2. The zero-order valence-electron chi connectivity index (χ0n) is 13.1. The third-order valence-corrected chi connectivity index (χ3v) is 3.54. The maximum absolute atomic E-state index is 12.2. The number of hydrogen-bond acceptors (Lipinski definition) is 3. The number of amides is 1. The van der Waals surface area contributed by atoms with Crippen molar-refractivity contribution in [2.24, 2.45) is 0 Å². The molecule has 1 N–H and O–H groups in total. The number of nitrogens with one attached hydrogen (secondary N) is 1. The van der Waals surface area contributed by atoms with Crippen LogP contribution in [0.25, 0.3) is 0 Å². The topological polar surface area (TPSA) is 47.6 Å². The van der Waals surface area contributed by atoms with E-state index in [-0.39, 0.29) is 11.9 Å². The minimum Gasteiger partial charge on any atom is -0.497 e. The van der Waals surface area contributed by atoms with E-state index in [1.54, 1.807) is 14.2 Å². The Hall–Kier alpha value is -2.49. The van der Waals surface area contributed by atoms with Gasteiger partial charge in [-0.25, -0.2) is 0 Å². The molecule has 0 spiro atoms. The summed E-state index contributed by atoms with van der Waals surface area (Å²) in [4.78, 5) is 12.2. The van der Waals surface area contributed by atoms with E-state index < -0.39 is 0 Å². The zero-order chi connectivity index (χ0) is 15.9. The molecule has 0 radical (unpaired) electrons. The third kappa shape index (κ3) is 4.01. The molecule has 0 aromatic heterocycles. The van der Waals surface area contributed by atoms with E-state index >= 15 is 0 Å². The fourth-order valence-corrected chi connectivity index (χ4v) is 2.29. The van der Waals surface area contributed by atoms with Gasteiger partial charge in [0.05, 0.1) is 26.7 Å². The van der Waals surface area contributed by atoms with Crippen LogP contribution in [0.1, 0.15) is 24.1 Å². The van der Waals surface area contributed by atoms with Gasteiger partial charge in [-0.2, -0.15) is 0 Å². The first-order valence-corrected chi connectivity index (χ1v) is 7.19. The van der Waals surface area contributed by atoms with Crippen molar-refractivity contribution in [3.8, 4) is 11.5 Å². The molecule has 2 rings (SSSR count). The van der Waals surface area contributed by atoms with Crippen molar-refractivity contribution in [2.75, 3.05) is 14.2 Å². The standard InChI is InChI=1S/C18H21NO3/c1-13(14-8-10-16(21-2)11-9-14)19-18(20)12-15-6-4-5-7-17(15)22-3/h4-11,13H,12H2,1-3H3,(H,19,20)/t13-/m0/s1. The summed E-state index contributed by atoms with van der Waals surface area (Å²) >= 11 is 0. The Morgan fingerprint density at radius 3 is 2.36 bits per heavy atom. The van der Waals surface area contributed by atoms with Gasteiger partial charge in [0.1, 0.15) is 11.5 Å². The number of carbonyl (C=O) groups is 1. The summed E-state index contributed by atoms with van der Waals surface area (Å²) in [5.74, 6) is 1.50. The summed E-state index contributed by atoms with van der Waals surface area (Å²) in [6.45, 7) is 1.96. The predicted molar refractivity (Wildman–Crippen MR) is 86.2 cm³/mol. The van der Waals surface area contributed by atoms with E-state index in [0.29, 0.717) is 6.42 Å². The highest BCUT2D eigenvalue weighted by Gasteiger charge is 2.12. The second-order valence-corrected chi connectivity index (χ2v) is 5.05. The van der Waals surface area contributed by atoms with Crippen molar-refractivity contribution in [2.45, 2.75) is 19.4 Å². The Kier molecular flexibility index (Phi) is 5.42. The van der Waals surface area contributed by atoms with Gasteiger partial charge in [0.25, 0.3) is 0 Å². The van der Waals surface area contributed by atoms with Crippen molar-refractivity contribution in [1.82, 2.24) is 5.32 Å². The molecule has 22 heavy (non-hydrogen) atoms. The van der Waals surface area contributed by atoms with Crippen LogP contribution in [-0.4, -0.2) is 20.1 Å². The highest BCUT2D eigenvalue weighted by molar-refractivity contribution is 5.79. The first-order valence-electron chi connectivity index (χ1n) is 7.19. The van der Waals surface area contributed by atoms with Crippen LogP contribution in [0.3, 0.4) is 0 Å². The Labute approximate surface area is 131 Å². The third-order valence-electron chi connectivity index (χ3n) is 3.54. The fraction of sp³-hybridized carbons (Fsp3) is 0.278. The van der Waals surface area contributed by atoms with Gasteiger partial charge in [0.15, 0.2) is 0 Å². The Morgan fingerprint density at radius 2 is 1.73 bits per heavy atom. The summed E-state index contributed by atoms with van der Waals surface area (Å²) in [7, 11) is 3.24. The van der Waals surface area contributed by atoms with Crippen LogP contribution >= 0.6 is 0 Å². The SMILES string of the molecule is COc1ccc([C@H](C)NC(=O)Cc2ccccc2OC)cc1. The average Bonchev–Trinajstić information content (AvgIpc) is 2.55. The summed E-state index contributed by atoms with van der Waals surface area (Å²) in [5.41, 5.74) is 1.92. The van der Waals surface area contributed by atoms with Crippen LogP contribution in [-0.2, 0) is 11.2 Å². The lowest BCUT2D eigenvalue weighted by Crippen LogP contribution is -2.28.